The van der Waals surface area contributed by atoms with Gasteiger partial charge in [-0.2, -0.15) is 0 Å². The maximum Gasteiger partial charge on any atom is 0.417 e. The summed E-state index contributed by atoms with van der Waals surface area (Å²) in [6.45, 7) is 5.78. The van der Waals surface area contributed by atoms with Crippen LogP contribution >= 0.6 is 0 Å². The summed E-state index contributed by atoms with van der Waals surface area (Å²) >= 11 is 0. The summed E-state index contributed by atoms with van der Waals surface area (Å²) in [7, 11) is 1.37. The van der Waals surface area contributed by atoms with Gasteiger partial charge in [0.05, 0.1) is 12.7 Å². The van der Waals surface area contributed by atoms with E-state index in [0.29, 0.717) is 24.4 Å². The SMILES string of the molecule is COC(=O)c1ccc(CCC2CCC(=O)N(C(=O)OC(C)(C)C)CC2)cc1. The number of methoxy groups -OCH3 is 1. The first-order chi connectivity index (χ1) is 12.7. The number of hydrogen-bond acceptors (Lipinski definition) is 5. The minimum atomic E-state index is -0.612. The van der Waals surface area contributed by atoms with Gasteiger partial charge >= 0.3 is 12.1 Å². The average Bonchev–Trinajstić information content (AvgIpc) is 2.80. The van der Waals surface area contributed by atoms with Crippen molar-refractivity contribution in [1.29, 1.82) is 0 Å². The number of carbonyl (C=O) groups is 3. The number of hydrogen-bond donors (Lipinski definition) is 0. The van der Waals surface area contributed by atoms with Gasteiger partial charge < -0.3 is 9.47 Å². The number of rotatable bonds is 4. The van der Waals surface area contributed by atoms with Crippen LogP contribution in [0.4, 0.5) is 4.79 Å². The van der Waals surface area contributed by atoms with Crippen molar-refractivity contribution < 1.29 is 23.9 Å². The van der Waals surface area contributed by atoms with Gasteiger partial charge in [0.15, 0.2) is 0 Å². The minimum absolute atomic E-state index is 0.158. The summed E-state index contributed by atoms with van der Waals surface area (Å²) in [6, 6.07) is 7.40. The summed E-state index contributed by atoms with van der Waals surface area (Å²) < 4.78 is 10.0. The largest absolute Gasteiger partial charge is 0.465 e. The van der Waals surface area contributed by atoms with E-state index in [4.69, 9.17) is 9.47 Å². The van der Waals surface area contributed by atoms with E-state index in [2.05, 4.69) is 0 Å². The molecule has 6 heteroatoms. The topological polar surface area (TPSA) is 72.9 Å². The molecule has 1 fully saturated rings. The van der Waals surface area contributed by atoms with E-state index in [1.165, 1.54) is 12.0 Å². The lowest BCUT2D eigenvalue weighted by atomic mass is 9.93. The number of aryl methyl sites for hydroxylation is 1. The summed E-state index contributed by atoms with van der Waals surface area (Å²) in [5.41, 5.74) is 1.07. The molecule has 0 spiro atoms. The Kier molecular flexibility index (Phi) is 6.99. The van der Waals surface area contributed by atoms with Crippen LogP contribution < -0.4 is 0 Å². The summed E-state index contributed by atoms with van der Waals surface area (Å²) in [4.78, 5) is 37.2. The van der Waals surface area contributed by atoms with Crippen molar-refractivity contribution in [3.05, 3.63) is 35.4 Å². The molecular weight excluding hydrogens is 346 g/mol. The first-order valence-corrected chi connectivity index (χ1v) is 9.40. The zero-order chi connectivity index (χ0) is 20.0. The number of carbonyl (C=O) groups excluding carboxylic acids is 3. The smallest absolute Gasteiger partial charge is 0.417 e. The molecule has 1 aliphatic rings. The Labute approximate surface area is 160 Å². The molecule has 0 bridgehead atoms. The van der Waals surface area contributed by atoms with Crippen LogP contribution in [-0.4, -0.2) is 42.1 Å². The zero-order valence-corrected chi connectivity index (χ0v) is 16.6. The van der Waals surface area contributed by atoms with Gasteiger partial charge in [-0.3, -0.25) is 4.79 Å². The molecule has 0 aliphatic carbocycles. The van der Waals surface area contributed by atoms with E-state index in [9.17, 15) is 14.4 Å². The first kappa shape index (κ1) is 20.9. The van der Waals surface area contributed by atoms with E-state index in [1.807, 2.05) is 12.1 Å². The number of benzene rings is 1. The Morgan fingerprint density at radius 3 is 2.41 bits per heavy atom. The van der Waals surface area contributed by atoms with Crippen LogP contribution in [0, 0.1) is 5.92 Å². The molecular formula is C21H29NO5. The molecule has 0 radical (unpaired) electrons. The van der Waals surface area contributed by atoms with Gasteiger partial charge in [0.25, 0.3) is 0 Å². The standard InChI is InChI=1S/C21H29NO5/c1-21(2,3)27-20(25)22-14-13-16(9-12-18(22)23)6-5-15-7-10-17(11-8-15)19(24)26-4/h7-8,10-11,16H,5-6,9,12-14H2,1-4H3. The number of ether oxygens (including phenoxy) is 2. The van der Waals surface area contributed by atoms with Crippen LogP contribution in [0.25, 0.3) is 0 Å². The Morgan fingerprint density at radius 2 is 1.81 bits per heavy atom. The molecule has 0 saturated carbocycles. The van der Waals surface area contributed by atoms with Gasteiger partial charge in [-0.25, -0.2) is 14.5 Å². The molecule has 1 atom stereocenters. The molecule has 2 rings (SSSR count). The lowest BCUT2D eigenvalue weighted by molar-refractivity contribution is -0.129. The predicted octanol–water partition coefficient (Wildman–Crippen LogP) is 3.97. The second-order valence-electron chi connectivity index (χ2n) is 7.95. The lowest BCUT2D eigenvalue weighted by Gasteiger charge is -2.25. The van der Waals surface area contributed by atoms with Crippen LogP contribution in [0.3, 0.4) is 0 Å². The molecule has 1 aliphatic heterocycles. The number of imide groups is 1. The second kappa shape index (κ2) is 9.02. The number of nitrogens with zero attached hydrogens (tertiary/aromatic N) is 1. The number of likely N-dealkylation sites (tertiary alicyclic amines) is 1. The quantitative estimate of drug-likeness (QED) is 0.745. The van der Waals surface area contributed by atoms with Crippen LogP contribution in [0.15, 0.2) is 24.3 Å². The van der Waals surface area contributed by atoms with E-state index < -0.39 is 11.7 Å². The van der Waals surface area contributed by atoms with Crippen molar-refractivity contribution in [1.82, 2.24) is 4.90 Å². The Balaban J connectivity index is 1.88. The maximum absolute atomic E-state index is 12.3. The third-order valence-corrected chi connectivity index (χ3v) is 4.66. The average molecular weight is 375 g/mol. The monoisotopic (exact) mass is 375 g/mol. The molecule has 1 unspecified atom stereocenters. The van der Waals surface area contributed by atoms with Gasteiger partial charge in [-0.05, 0) is 70.1 Å². The van der Waals surface area contributed by atoms with Crippen molar-refractivity contribution in [3.63, 3.8) is 0 Å². The third-order valence-electron chi connectivity index (χ3n) is 4.66. The van der Waals surface area contributed by atoms with E-state index in [0.717, 1.165) is 31.2 Å². The summed E-state index contributed by atoms with van der Waals surface area (Å²) in [5.74, 6) is -0.123. The number of esters is 1. The van der Waals surface area contributed by atoms with E-state index in [1.54, 1.807) is 32.9 Å². The first-order valence-electron chi connectivity index (χ1n) is 9.40. The van der Waals surface area contributed by atoms with Crippen LogP contribution in [-0.2, 0) is 20.7 Å². The highest BCUT2D eigenvalue weighted by Crippen LogP contribution is 2.24. The van der Waals surface area contributed by atoms with Crippen molar-refractivity contribution in [2.45, 2.75) is 58.5 Å². The van der Waals surface area contributed by atoms with Crippen LogP contribution in [0.5, 0.6) is 0 Å². The normalized spacial score (nSPS) is 18.0. The fourth-order valence-corrected chi connectivity index (χ4v) is 3.14. The molecule has 27 heavy (non-hydrogen) atoms. The summed E-state index contributed by atoms with van der Waals surface area (Å²) in [5, 5.41) is 0. The van der Waals surface area contributed by atoms with Gasteiger partial charge in [0.2, 0.25) is 5.91 Å². The highest BCUT2D eigenvalue weighted by Gasteiger charge is 2.30. The Morgan fingerprint density at radius 1 is 1.15 bits per heavy atom. The Bertz CT molecular complexity index is 675. The Hall–Kier alpha value is -2.37. The molecule has 1 saturated heterocycles. The highest BCUT2D eigenvalue weighted by molar-refractivity contribution is 5.92. The maximum atomic E-state index is 12.3. The molecule has 148 valence electrons. The molecule has 0 aromatic heterocycles. The van der Waals surface area contributed by atoms with Gasteiger partial charge in [-0.15, -0.1) is 0 Å². The van der Waals surface area contributed by atoms with E-state index in [-0.39, 0.29) is 11.9 Å². The molecule has 6 nitrogen and oxygen atoms in total. The van der Waals surface area contributed by atoms with Crippen LogP contribution in [0.2, 0.25) is 0 Å². The third kappa shape index (κ3) is 6.38. The van der Waals surface area contributed by atoms with Gasteiger partial charge in [0.1, 0.15) is 5.60 Å². The molecule has 2 amide bonds. The zero-order valence-electron chi connectivity index (χ0n) is 16.6. The van der Waals surface area contributed by atoms with Crippen molar-refractivity contribution in [2.24, 2.45) is 5.92 Å². The fraction of sp³-hybridized carbons (Fsp3) is 0.571. The molecule has 1 aromatic carbocycles. The van der Waals surface area contributed by atoms with Gasteiger partial charge in [0, 0.05) is 13.0 Å². The predicted molar refractivity (Wildman–Crippen MR) is 101 cm³/mol. The lowest BCUT2D eigenvalue weighted by Crippen LogP contribution is -2.40. The molecule has 0 N–H and O–H groups in total. The number of amides is 2. The molecule has 1 aromatic rings. The van der Waals surface area contributed by atoms with Crippen molar-refractivity contribution >= 4 is 18.0 Å². The van der Waals surface area contributed by atoms with Crippen LogP contribution in [0.1, 0.15) is 62.4 Å². The second-order valence-corrected chi connectivity index (χ2v) is 7.95. The summed E-state index contributed by atoms with van der Waals surface area (Å²) in [6.07, 6.45) is 3.18. The molecule has 1 heterocycles. The van der Waals surface area contributed by atoms with E-state index >= 15 is 0 Å². The minimum Gasteiger partial charge on any atom is -0.465 e. The van der Waals surface area contributed by atoms with Gasteiger partial charge in [-0.1, -0.05) is 12.1 Å². The fourth-order valence-electron chi connectivity index (χ4n) is 3.14. The van der Waals surface area contributed by atoms with Crippen molar-refractivity contribution in [3.8, 4) is 0 Å². The van der Waals surface area contributed by atoms with Crippen molar-refractivity contribution in [2.75, 3.05) is 13.7 Å². The highest BCUT2D eigenvalue weighted by atomic mass is 16.6.